The molecule has 1 N–H and O–H groups in total. The summed E-state index contributed by atoms with van der Waals surface area (Å²) in [5, 5.41) is 3.72. The molecule has 3 aromatic carbocycles. The second kappa shape index (κ2) is 9.68. The molecule has 0 aliphatic carbocycles. The van der Waals surface area contributed by atoms with Crippen LogP contribution in [0.25, 0.3) is 20.8 Å². The van der Waals surface area contributed by atoms with E-state index in [-0.39, 0.29) is 19.4 Å². The maximum absolute atomic E-state index is 12.9. The van der Waals surface area contributed by atoms with Crippen molar-refractivity contribution in [3.63, 3.8) is 0 Å². The van der Waals surface area contributed by atoms with Gasteiger partial charge < -0.3 is 10.1 Å². The minimum Gasteiger partial charge on any atom is -0.444 e. The summed E-state index contributed by atoms with van der Waals surface area (Å²) < 4.78 is 6.42. The summed E-state index contributed by atoms with van der Waals surface area (Å²) in [5.41, 5.74) is 4.47. The molecule has 1 fully saturated rings. The van der Waals surface area contributed by atoms with Crippen molar-refractivity contribution in [3.05, 3.63) is 83.9 Å². The van der Waals surface area contributed by atoms with Gasteiger partial charge in [-0.2, -0.15) is 0 Å². The van der Waals surface area contributed by atoms with Crippen LogP contribution in [0.15, 0.2) is 72.8 Å². The first-order chi connectivity index (χ1) is 17.0. The van der Waals surface area contributed by atoms with Crippen molar-refractivity contribution in [3.8, 4) is 10.6 Å². The predicted molar refractivity (Wildman–Crippen MR) is 135 cm³/mol. The molecule has 4 aromatic rings. The molecule has 1 aromatic heterocycles. The summed E-state index contributed by atoms with van der Waals surface area (Å²) in [5.74, 6) is -0.833. The minimum absolute atomic E-state index is 0.0323. The van der Waals surface area contributed by atoms with Crippen LogP contribution >= 0.6 is 11.3 Å². The Morgan fingerprint density at radius 1 is 1.09 bits per heavy atom. The molecule has 0 bridgehead atoms. The van der Waals surface area contributed by atoms with Gasteiger partial charge in [0.1, 0.15) is 17.7 Å². The Hall–Kier alpha value is -4.04. The number of hydrogen-bond acceptors (Lipinski definition) is 6. The van der Waals surface area contributed by atoms with E-state index in [1.165, 1.54) is 5.56 Å². The summed E-state index contributed by atoms with van der Waals surface area (Å²) in [6.45, 7) is 2.09. The van der Waals surface area contributed by atoms with Gasteiger partial charge in [0.25, 0.3) is 0 Å². The van der Waals surface area contributed by atoms with Crippen LogP contribution in [0.2, 0.25) is 0 Å². The summed E-state index contributed by atoms with van der Waals surface area (Å²) in [7, 11) is 0. The zero-order valence-corrected chi connectivity index (χ0v) is 19.9. The summed E-state index contributed by atoms with van der Waals surface area (Å²) in [4.78, 5) is 43.5. The lowest BCUT2D eigenvalue weighted by Crippen LogP contribution is -2.45. The maximum Gasteiger partial charge on any atom is 0.417 e. The number of fused-ring (bicyclic) bond motifs is 1. The summed E-state index contributed by atoms with van der Waals surface area (Å²) >= 11 is 1.62. The molecule has 0 saturated carbocycles. The number of carbonyl (C=O) groups excluding carboxylic acids is 3. The Bertz CT molecular complexity index is 1400. The highest BCUT2D eigenvalue weighted by atomic mass is 32.1. The zero-order chi connectivity index (χ0) is 24.4. The number of aryl methyl sites for hydroxylation is 1. The van der Waals surface area contributed by atoms with Gasteiger partial charge in [0, 0.05) is 17.7 Å². The third-order valence-electron chi connectivity index (χ3n) is 5.86. The molecule has 35 heavy (non-hydrogen) atoms. The smallest absolute Gasteiger partial charge is 0.417 e. The lowest BCUT2D eigenvalue weighted by Gasteiger charge is -2.21. The molecule has 5 rings (SSSR count). The van der Waals surface area contributed by atoms with Crippen LogP contribution < -0.4 is 5.32 Å². The largest absolute Gasteiger partial charge is 0.444 e. The van der Waals surface area contributed by atoms with E-state index in [0.717, 1.165) is 31.3 Å². The Kier molecular flexibility index (Phi) is 6.29. The number of rotatable bonds is 5. The van der Waals surface area contributed by atoms with E-state index in [9.17, 15) is 14.4 Å². The molecule has 1 aliphatic rings. The maximum atomic E-state index is 12.9. The monoisotopic (exact) mass is 485 g/mol. The van der Waals surface area contributed by atoms with Crippen molar-refractivity contribution < 1.29 is 19.1 Å². The number of hydrogen-bond donors (Lipinski definition) is 1. The fraction of sp³-hybridized carbons (Fsp3) is 0.185. The van der Waals surface area contributed by atoms with Gasteiger partial charge in [-0.3, -0.25) is 9.59 Å². The third-order valence-corrected chi connectivity index (χ3v) is 6.93. The average Bonchev–Trinajstić information content (AvgIpc) is 3.47. The van der Waals surface area contributed by atoms with Gasteiger partial charge in [0.15, 0.2) is 0 Å². The van der Waals surface area contributed by atoms with Crippen molar-refractivity contribution in [1.29, 1.82) is 0 Å². The second-order valence-corrected chi connectivity index (χ2v) is 9.45. The molecule has 7 nitrogen and oxygen atoms in total. The molecule has 2 heterocycles. The summed E-state index contributed by atoms with van der Waals surface area (Å²) in [6.07, 6.45) is -0.430. The van der Waals surface area contributed by atoms with E-state index in [4.69, 9.17) is 9.72 Å². The van der Waals surface area contributed by atoms with E-state index in [0.29, 0.717) is 5.69 Å². The average molecular weight is 486 g/mol. The van der Waals surface area contributed by atoms with E-state index in [2.05, 4.69) is 18.3 Å². The lowest BCUT2D eigenvalue weighted by atomic mass is 10.2. The van der Waals surface area contributed by atoms with Crippen LogP contribution in [-0.2, 0) is 20.9 Å². The molecule has 8 heteroatoms. The van der Waals surface area contributed by atoms with Crippen LogP contribution in [0.4, 0.5) is 10.5 Å². The zero-order valence-electron chi connectivity index (χ0n) is 19.1. The Morgan fingerprint density at radius 3 is 2.63 bits per heavy atom. The number of thiazole rings is 1. The van der Waals surface area contributed by atoms with Gasteiger partial charge in [0.05, 0.1) is 10.2 Å². The number of carbonyl (C=O) groups is 3. The number of likely N-dealkylation sites (tertiary alicyclic amines) is 1. The molecule has 1 saturated heterocycles. The van der Waals surface area contributed by atoms with Crippen molar-refractivity contribution in [2.45, 2.75) is 32.4 Å². The van der Waals surface area contributed by atoms with Crippen LogP contribution in [0, 0.1) is 6.92 Å². The normalized spacial score (nSPS) is 15.4. The number of imide groups is 1. The number of nitrogens with zero attached hydrogens (tertiary/aromatic N) is 2. The van der Waals surface area contributed by atoms with Gasteiger partial charge in [-0.25, -0.2) is 14.7 Å². The summed E-state index contributed by atoms with van der Waals surface area (Å²) in [6, 6.07) is 21.8. The minimum atomic E-state index is -0.905. The van der Waals surface area contributed by atoms with Gasteiger partial charge >= 0.3 is 6.09 Å². The fourth-order valence-corrected chi connectivity index (χ4v) is 5.10. The first kappa shape index (κ1) is 22.7. The second-order valence-electron chi connectivity index (χ2n) is 8.42. The first-order valence-electron chi connectivity index (χ1n) is 11.3. The van der Waals surface area contributed by atoms with Crippen molar-refractivity contribution in [1.82, 2.24) is 9.88 Å². The van der Waals surface area contributed by atoms with E-state index < -0.39 is 23.9 Å². The number of amides is 3. The molecule has 1 atom stereocenters. The number of benzene rings is 3. The molecular formula is C27H23N3O4S. The van der Waals surface area contributed by atoms with Crippen molar-refractivity contribution in [2.24, 2.45) is 0 Å². The Morgan fingerprint density at radius 2 is 1.86 bits per heavy atom. The lowest BCUT2D eigenvalue weighted by molar-refractivity contribution is -0.131. The molecule has 176 valence electrons. The molecular weight excluding hydrogens is 462 g/mol. The Labute approximate surface area is 206 Å². The van der Waals surface area contributed by atoms with E-state index in [1.807, 2.05) is 54.6 Å². The number of nitrogens with one attached hydrogen (secondary N) is 1. The SMILES string of the molecule is Cc1ccc2nc(-c3ccc(NC(=O)C4CCC(=O)N4C(=O)OCc4ccccc4)cc3)sc2c1. The molecule has 0 spiro atoms. The molecule has 1 unspecified atom stereocenters. The van der Waals surface area contributed by atoms with Crippen LogP contribution in [0.1, 0.15) is 24.0 Å². The quantitative estimate of drug-likeness (QED) is 0.401. The Balaban J connectivity index is 1.24. The van der Waals surface area contributed by atoms with Crippen LogP contribution in [-0.4, -0.2) is 33.8 Å². The standard InChI is InChI=1S/C27H23N3O4S/c1-17-7-12-21-23(15-17)35-26(29-21)19-8-10-20(11-9-19)28-25(32)22-13-14-24(31)30(22)27(33)34-16-18-5-3-2-4-6-18/h2-12,15,22H,13-14,16H2,1H3,(H,28,32). The van der Waals surface area contributed by atoms with Crippen LogP contribution in [0.3, 0.4) is 0 Å². The van der Waals surface area contributed by atoms with Crippen LogP contribution in [0.5, 0.6) is 0 Å². The fourth-order valence-electron chi connectivity index (χ4n) is 4.03. The van der Waals surface area contributed by atoms with Gasteiger partial charge in [0.2, 0.25) is 11.8 Å². The molecule has 3 amide bonds. The predicted octanol–water partition coefficient (Wildman–Crippen LogP) is 5.54. The van der Waals surface area contributed by atoms with E-state index >= 15 is 0 Å². The topological polar surface area (TPSA) is 88.6 Å². The molecule has 0 radical (unpaired) electrons. The van der Waals surface area contributed by atoms with Crippen molar-refractivity contribution >= 4 is 45.1 Å². The van der Waals surface area contributed by atoms with Gasteiger partial charge in [-0.15, -0.1) is 11.3 Å². The number of aromatic nitrogens is 1. The number of anilines is 1. The van der Waals surface area contributed by atoms with E-state index in [1.54, 1.807) is 23.5 Å². The highest BCUT2D eigenvalue weighted by molar-refractivity contribution is 7.21. The number of ether oxygens (including phenoxy) is 1. The molecule has 1 aliphatic heterocycles. The van der Waals surface area contributed by atoms with Crippen molar-refractivity contribution in [2.75, 3.05) is 5.32 Å². The highest BCUT2D eigenvalue weighted by Crippen LogP contribution is 2.31. The van der Waals surface area contributed by atoms with Gasteiger partial charge in [-0.1, -0.05) is 36.4 Å². The van der Waals surface area contributed by atoms with Gasteiger partial charge in [-0.05, 0) is 60.9 Å². The third kappa shape index (κ3) is 4.93. The highest BCUT2D eigenvalue weighted by Gasteiger charge is 2.41. The first-order valence-corrected chi connectivity index (χ1v) is 12.1.